The van der Waals surface area contributed by atoms with Crippen LogP contribution in [0.15, 0.2) is 54.1 Å². The topological polar surface area (TPSA) is 113 Å². The van der Waals surface area contributed by atoms with Crippen LogP contribution in [-0.4, -0.2) is 17.0 Å². The molecule has 2 aromatic rings. The zero-order valence-corrected chi connectivity index (χ0v) is 12.6. The lowest BCUT2D eigenvalue weighted by atomic mass is 10.1. The zero-order chi connectivity index (χ0) is 17.5. The van der Waals surface area contributed by atoms with Gasteiger partial charge in [0.05, 0.1) is 5.56 Å². The zero-order valence-electron chi connectivity index (χ0n) is 12.6. The number of nitrogens with zero attached hydrogens (tertiary/aromatic N) is 1. The van der Waals surface area contributed by atoms with Gasteiger partial charge in [0.15, 0.2) is 0 Å². The first-order valence-corrected chi connectivity index (χ1v) is 6.96. The van der Waals surface area contributed by atoms with Crippen LogP contribution in [0.2, 0.25) is 0 Å². The van der Waals surface area contributed by atoms with Crippen LogP contribution in [0.3, 0.4) is 0 Å². The van der Waals surface area contributed by atoms with Gasteiger partial charge in [0.2, 0.25) is 0 Å². The second kappa shape index (κ2) is 7.61. The maximum Gasteiger partial charge on any atom is 0.335 e. The van der Waals surface area contributed by atoms with Crippen molar-refractivity contribution in [3.8, 4) is 11.8 Å². The van der Waals surface area contributed by atoms with Crippen molar-refractivity contribution in [3.05, 3.63) is 70.8 Å². The summed E-state index contributed by atoms with van der Waals surface area (Å²) in [5.74, 6) is -1.14. The van der Waals surface area contributed by atoms with Gasteiger partial charge < -0.3 is 15.6 Å². The van der Waals surface area contributed by atoms with Crippen molar-refractivity contribution in [3.63, 3.8) is 0 Å². The fourth-order valence-electron chi connectivity index (χ4n) is 1.90. The van der Waals surface area contributed by atoms with Gasteiger partial charge in [-0.05, 0) is 41.5 Å². The number of aromatic carboxylic acids is 1. The average molecular weight is 322 g/mol. The van der Waals surface area contributed by atoms with E-state index in [0.717, 1.165) is 5.56 Å². The Kier molecular flexibility index (Phi) is 5.32. The molecule has 0 aliphatic rings. The molecule has 0 radical (unpaired) electrons. The van der Waals surface area contributed by atoms with E-state index in [4.69, 9.17) is 20.8 Å². The number of amides is 1. The molecule has 0 aliphatic heterocycles. The monoisotopic (exact) mass is 322 g/mol. The number of rotatable bonds is 6. The Balaban J connectivity index is 2.00. The van der Waals surface area contributed by atoms with E-state index in [-0.39, 0.29) is 11.1 Å². The molecular weight excluding hydrogens is 308 g/mol. The van der Waals surface area contributed by atoms with E-state index in [9.17, 15) is 9.59 Å². The number of ether oxygens (including phenoxy) is 1. The van der Waals surface area contributed by atoms with Crippen LogP contribution in [0.25, 0.3) is 6.08 Å². The van der Waals surface area contributed by atoms with Crippen LogP contribution in [0.1, 0.15) is 21.5 Å². The Hall–Kier alpha value is -3.59. The van der Waals surface area contributed by atoms with Gasteiger partial charge in [0.25, 0.3) is 5.91 Å². The van der Waals surface area contributed by atoms with Gasteiger partial charge in [-0.25, -0.2) is 4.79 Å². The van der Waals surface area contributed by atoms with Gasteiger partial charge in [-0.1, -0.05) is 24.3 Å². The Bertz CT molecular complexity index is 816. The molecule has 3 N–H and O–H groups in total. The number of primary amides is 1. The normalized spacial score (nSPS) is 10.7. The number of hydrogen-bond acceptors (Lipinski definition) is 4. The first-order valence-electron chi connectivity index (χ1n) is 6.96. The molecule has 120 valence electrons. The fraction of sp³-hybridized carbons (Fsp3) is 0.0556. The molecule has 24 heavy (non-hydrogen) atoms. The summed E-state index contributed by atoms with van der Waals surface area (Å²) < 4.78 is 5.60. The third-order valence-corrected chi connectivity index (χ3v) is 3.18. The molecule has 2 aromatic carbocycles. The van der Waals surface area contributed by atoms with E-state index < -0.39 is 11.9 Å². The molecule has 0 bridgehead atoms. The Morgan fingerprint density at radius 2 is 1.75 bits per heavy atom. The second-order valence-corrected chi connectivity index (χ2v) is 4.89. The van der Waals surface area contributed by atoms with Gasteiger partial charge in [0.1, 0.15) is 24.0 Å². The molecular formula is C18H14N2O4. The molecule has 0 saturated carbocycles. The summed E-state index contributed by atoms with van der Waals surface area (Å²) in [6.07, 6.45) is 1.40. The highest BCUT2D eigenvalue weighted by Gasteiger charge is 2.04. The quantitative estimate of drug-likeness (QED) is 0.626. The van der Waals surface area contributed by atoms with Crippen molar-refractivity contribution in [2.45, 2.75) is 6.61 Å². The number of hydrogen-bond donors (Lipinski definition) is 2. The van der Waals surface area contributed by atoms with Gasteiger partial charge in [-0.15, -0.1) is 0 Å². The average Bonchev–Trinajstić information content (AvgIpc) is 2.59. The molecule has 2 rings (SSSR count). The predicted molar refractivity (Wildman–Crippen MR) is 87.0 cm³/mol. The van der Waals surface area contributed by atoms with Crippen molar-refractivity contribution in [1.29, 1.82) is 5.26 Å². The first kappa shape index (κ1) is 16.8. The number of carbonyl (C=O) groups is 2. The summed E-state index contributed by atoms with van der Waals surface area (Å²) in [5, 5.41) is 17.6. The number of benzene rings is 2. The highest BCUT2D eigenvalue weighted by atomic mass is 16.5. The van der Waals surface area contributed by atoms with Crippen LogP contribution in [0, 0.1) is 11.3 Å². The Morgan fingerprint density at radius 3 is 2.25 bits per heavy atom. The van der Waals surface area contributed by atoms with E-state index in [2.05, 4.69) is 0 Å². The van der Waals surface area contributed by atoms with E-state index in [1.54, 1.807) is 42.5 Å². The molecule has 0 fully saturated rings. The lowest BCUT2D eigenvalue weighted by Gasteiger charge is -2.07. The van der Waals surface area contributed by atoms with Crippen molar-refractivity contribution in [2.24, 2.45) is 5.73 Å². The van der Waals surface area contributed by atoms with Crippen LogP contribution in [0.5, 0.6) is 5.75 Å². The first-order chi connectivity index (χ1) is 11.5. The lowest BCUT2D eigenvalue weighted by Crippen LogP contribution is -2.12. The third kappa shape index (κ3) is 4.45. The summed E-state index contributed by atoms with van der Waals surface area (Å²) in [7, 11) is 0. The van der Waals surface area contributed by atoms with Crippen LogP contribution >= 0.6 is 0 Å². The second-order valence-electron chi connectivity index (χ2n) is 4.89. The maximum absolute atomic E-state index is 11.0. The number of nitrogens with two attached hydrogens (primary N) is 1. The molecule has 0 atom stereocenters. The molecule has 0 saturated heterocycles. The largest absolute Gasteiger partial charge is 0.489 e. The van der Waals surface area contributed by atoms with E-state index in [1.807, 2.05) is 0 Å². The lowest BCUT2D eigenvalue weighted by molar-refractivity contribution is -0.114. The van der Waals surface area contributed by atoms with Gasteiger partial charge in [0, 0.05) is 0 Å². The number of carbonyl (C=O) groups excluding carboxylic acids is 1. The van der Waals surface area contributed by atoms with Crippen molar-refractivity contribution < 1.29 is 19.4 Å². The van der Waals surface area contributed by atoms with Crippen molar-refractivity contribution >= 4 is 18.0 Å². The van der Waals surface area contributed by atoms with E-state index >= 15 is 0 Å². The van der Waals surface area contributed by atoms with Gasteiger partial charge >= 0.3 is 5.97 Å². The number of carboxylic acids is 1. The van der Waals surface area contributed by atoms with Crippen LogP contribution in [-0.2, 0) is 11.4 Å². The van der Waals surface area contributed by atoms with Gasteiger partial charge in [-0.3, -0.25) is 4.79 Å². The minimum Gasteiger partial charge on any atom is -0.489 e. The summed E-state index contributed by atoms with van der Waals surface area (Å²) >= 11 is 0. The SMILES string of the molecule is N#C/C(=C/c1ccc(OCc2ccc(C(=O)O)cc2)cc1)C(N)=O. The molecule has 0 aliphatic carbocycles. The minimum absolute atomic E-state index is 0.123. The molecule has 0 unspecified atom stereocenters. The van der Waals surface area contributed by atoms with E-state index in [1.165, 1.54) is 18.2 Å². The molecule has 6 nitrogen and oxygen atoms in total. The smallest absolute Gasteiger partial charge is 0.335 e. The number of carboxylic acid groups (broad SMARTS) is 1. The predicted octanol–water partition coefficient (Wildman–Crippen LogP) is 2.36. The van der Waals surface area contributed by atoms with E-state index in [0.29, 0.717) is 17.9 Å². The van der Waals surface area contributed by atoms with Gasteiger partial charge in [-0.2, -0.15) is 5.26 Å². The molecule has 0 aromatic heterocycles. The summed E-state index contributed by atoms with van der Waals surface area (Å²) in [4.78, 5) is 21.8. The molecule has 1 amide bonds. The van der Waals surface area contributed by atoms with Crippen molar-refractivity contribution in [1.82, 2.24) is 0 Å². The number of nitriles is 1. The molecule has 0 spiro atoms. The standard InChI is InChI=1S/C18H14N2O4/c19-10-15(17(20)21)9-12-3-7-16(8-4-12)24-11-13-1-5-14(6-2-13)18(22)23/h1-9H,11H2,(H2,20,21)(H,22,23)/b15-9-. The summed E-state index contributed by atoms with van der Waals surface area (Å²) in [5.41, 5.74) is 6.67. The molecule has 0 heterocycles. The minimum atomic E-state index is -0.973. The summed E-state index contributed by atoms with van der Waals surface area (Å²) in [6.45, 7) is 0.291. The van der Waals surface area contributed by atoms with Crippen molar-refractivity contribution in [2.75, 3.05) is 0 Å². The highest BCUT2D eigenvalue weighted by Crippen LogP contribution is 2.16. The molecule has 6 heteroatoms. The van der Waals surface area contributed by atoms with Crippen LogP contribution < -0.4 is 10.5 Å². The Labute approximate surface area is 138 Å². The highest BCUT2D eigenvalue weighted by molar-refractivity contribution is 6.00. The Morgan fingerprint density at radius 1 is 1.12 bits per heavy atom. The summed E-state index contributed by atoms with van der Waals surface area (Å²) in [6, 6.07) is 14.9. The van der Waals surface area contributed by atoms with Crippen LogP contribution in [0.4, 0.5) is 0 Å². The third-order valence-electron chi connectivity index (χ3n) is 3.18. The maximum atomic E-state index is 11.0. The fourth-order valence-corrected chi connectivity index (χ4v) is 1.90.